The van der Waals surface area contributed by atoms with Crippen molar-refractivity contribution in [3.8, 4) is 0 Å². The standard InChI is InChI=1S/C17H16BrN3O2/c1-12-5-7-13(8-6-12)10-20-21-16(22)11-19-17(23)14-3-2-4-15(18)9-14/h2-10H,11H2,1H3,(H,19,23)(H,21,22)/b20-10+. The van der Waals surface area contributed by atoms with Gasteiger partial charge in [0, 0.05) is 10.0 Å². The molecule has 0 aromatic heterocycles. The Labute approximate surface area is 142 Å². The van der Waals surface area contributed by atoms with Crippen molar-refractivity contribution >= 4 is 34.0 Å². The molecule has 2 rings (SSSR count). The van der Waals surface area contributed by atoms with E-state index in [1.807, 2.05) is 37.3 Å². The Morgan fingerprint density at radius 2 is 1.91 bits per heavy atom. The van der Waals surface area contributed by atoms with E-state index in [0.717, 1.165) is 15.6 Å². The number of amides is 2. The predicted octanol–water partition coefficient (Wildman–Crippen LogP) is 2.64. The Morgan fingerprint density at radius 1 is 1.17 bits per heavy atom. The van der Waals surface area contributed by atoms with Crippen molar-refractivity contribution in [3.05, 3.63) is 69.7 Å². The normalized spacial score (nSPS) is 10.5. The molecule has 0 saturated carbocycles. The minimum atomic E-state index is -0.392. The monoisotopic (exact) mass is 373 g/mol. The van der Waals surface area contributed by atoms with Gasteiger partial charge in [0.25, 0.3) is 11.8 Å². The fourth-order valence-electron chi connectivity index (χ4n) is 1.76. The summed E-state index contributed by atoms with van der Waals surface area (Å²) >= 11 is 3.29. The van der Waals surface area contributed by atoms with Gasteiger partial charge in [0.15, 0.2) is 0 Å². The number of rotatable bonds is 5. The van der Waals surface area contributed by atoms with E-state index in [9.17, 15) is 9.59 Å². The number of nitrogens with zero attached hydrogens (tertiary/aromatic N) is 1. The summed E-state index contributed by atoms with van der Waals surface area (Å²) in [4.78, 5) is 23.5. The van der Waals surface area contributed by atoms with Gasteiger partial charge in [-0.1, -0.05) is 51.8 Å². The lowest BCUT2D eigenvalue weighted by Crippen LogP contribution is -2.34. The molecule has 0 radical (unpaired) electrons. The van der Waals surface area contributed by atoms with Crippen LogP contribution < -0.4 is 10.7 Å². The van der Waals surface area contributed by atoms with Crippen LogP contribution in [0.5, 0.6) is 0 Å². The van der Waals surface area contributed by atoms with Crippen molar-refractivity contribution in [2.45, 2.75) is 6.92 Å². The van der Waals surface area contributed by atoms with Crippen LogP contribution in [0.1, 0.15) is 21.5 Å². The molecule has 2 aromatic carbocycles. The fraction of sp³-hybridized carbons (Fsp3) is 0.118. The predicted molar refractivity (Wildman–Crippen MR) is 93.4 cm³/mol. The molecule has 0 aliphatic heterocycles. The molecular weight excluding hydrogens is 358 g/mol. The second kappa shape index (κ2) is 8.24. The first-order chi connectivity index (χ1) is 11.0. The van der Waals surface area contributed by atoms with E-state index >= 15 is 0 Å². The van der Waals surface area contributed by atoms with Crippen LogP contribution in [-0.4, -0.2) is 24.6 Å². The van der Waals surface area contributed by atoms with E-state index in [0.29, 0.717) is 5.56 Å². The van der Waals surface area contributed by atoms with E-state index in [4.69, 9.17) is 0 Å². The van der Waals surface area contributed by atoms with Crippen molar-refractivity contribution in [2.24, 2.45) is 5.10 Å². The fourth-order valence-corrected chi connectivity index (χ4v) is 2.16. The van der Waals surface area contributed by atoms with Gasteiger partial charge in [-0.05, 0) is 30.7 Å². The van der Waals surface area contributed by atoms with Gasteiger partial charge >= 0.3 is 0 Å². The molecule has 0 aliphatic rings. The van der Waals surface area contributed by atoms with Crippen LogP contribution in [0, 0.1) is 6.92 Å². The molecule has 6 heteroatoms. The van der Waals surface area contributed by atoms with E-state index in [2.05, 4.69) is 31.8 Å². The highest BCUT2D eigenvalue weighted by molar-refractivity contribution is 9.10. The lowest BCUT2D eigenvalue weighted by Gasteiger charge is -2.04. The smallest absolute Gasteiger partial charge is 0.259 e. The third kappa shape index (κ3) is 5.67. The third-order valence-electron chi connectivity index (χ3n) is 2.98. The molecule has 0 bridgehead atoms. The molecule has 0 unspecified atom stereocenters. The second-order valence-corrected chi connectivity index (χ2v) is 5.81. The average Bonchev–Trinajstić information content (AvgIpc) is 2.54. The van der Waals surface area contributed by atoms with Crippen LogP contribution in [0.25, 0.3) is 0 Å². The molecule has 2 aromatic rings. The molecule has 5 nitrogen and oxygen atoms in total. The molecule has 0 atom stereocenters. The Balaban J connectivity index is 1.78. The van der Waals surface area contributed by atoms with E-state index in [1.165, 1.54) is 0 Å². The number of carbonyl (C=O) groups is 2. The van der Waals surface area contributed by atoms with Crippen LogP contribution in [0.15, 0.2) is 58.1 Å². The maximum Gasteiger partial charge on any atom is 0.259 e. The molecular formula is C17H16BrN3O2. The number of hydrazone groups is 1. The summed E-state index contributed by atoms with van der Waals surface area (Å²) < 4.78 is 0.803. The molecule has 0 spiro atoms. The number of nitrogens with one attached hydrogen (secondary N) is 2. The average molecular weight is 374 g/mol. The number of hydrogen-bond donors (Lipinski definition) is 2. The first-order valence-corrected chi connectivity index (χ1v) is 7.76. The molecule has 0 aliphatic carbocycles. The maximum absolute atomic E-state index is 11.9. The van der Waals surface area contributed by atoms with Gasteiger partial charge in [0.05, 0.1) is 12.8 Å². The molecule has 0 heterocycles. The van der Waals surface area contributed by atoms with E-state index in [-0.39, 0.29) is 12.5 Å². The van der Waals surface area contributed by atoms with Gasteiger partial charge in [-0.2, -0.15) is 5.10 Å². The highest BCUT2D eigenvalue weighted by atomic mass is 79.9. The number of carbonyl (C=O) groups excluding carboxylic acids is 2. The molecule has 2 amide bonds. The summed E-state index contributed by atoms with van der Waals surface area (Å²) in [7, 11) is 0. The largest absolute Gasteiger partial charge is 0.343 e. The van der Waals surface area contributed by atoms with Crippen molar-refractivity contribution in [3.63, 3.8) is 0 Å². The highest BCUT2D eigenvalue weighted by Crippen LogP contribution is 2.11. The van der Waals surface area contributed by atoms with Gasteiger partial charge in [0.1, 0.15) is 0 Å². The topological polar surface area (TPSA) is 70.6 Å². The van der Waals surface area contributed by atoms with Crippen molar-refractivity contribution in [1.29, 1.82) is 0 Å². The lowest BCUT2D eigenvalue weighted by atomic mass is 10.2. The first-order valence-electron chi connectivity index (χ1n) is 6.97. The summed E-state index contributed by atoms with van der Waals surface area (Å²) in [5.41, 5.74) is 4.89. The Morgan fingerprint density at radius 3 is 2.61 bits per heavy atom. The zero-order valence-corrected chi connectivity index (χ0v) is 14.1. The summed E-state index contributed by atoms with van der Waals surface area (Å²) in [5, 5.41) is 6.39. The number of hydrogen-bond acceptors (Lipinski definition) is 3. The summed E-state index contributed by atoms with van der Waals surface area (Å²) in [5.74, 6) is -0.708. The minimum absolute atomic E-state index is 0.142. The van der Waals surface area contributed by atoms with Crippen LogP contribution in [-0.2, 0) is 4.79 Å². The highest BCUT2D eigenvalue weighted by Gasteiger charge is 2.07. The summed E-state index contributed by atoms with van der Waals surface area (Å²) in [6.07, 6.45) is 1.55. The Bertz CT molecular complexity index is 727. The third-order valence-corrected chi connectivity index (χ3v) is 3.47. The summed E-state index contributed by atoms with van der Waals surface area (Å²) in [6, 6.07) is 14.7. The van der Waals surface area contributed by atoms with Gasteiger partial charge in [-0.25, -0.2) is 5.43 Å². The molecule has 23 heavy (non-hydrogen) atoms. The first kappa shape index (κ1) is 16.9. The van der Waals surface area contributed by atoms with Crippen LogP contribution in [0.3, 0.4) is 0 Å². The van der Waals surface area contributed by atoms with Crippen LogP contribution >= 0.6 is 15.9 Å². The number of benzene rings is 2. The lowest BCUT2D eigenvalue weighted by molar-refractivity contribution is -0.120. The minimum Gasteiger partial charge on any atom is -0.343 e. The van der Waals surface area contributed by atoms with E-state index < -0.39 is 5.91 Å². The van der Waals surface area contributed by atoms with Gasteiger partial charge in [-0.15, -0.1) is 0 Å². The number of aryl methyl sites for hydroxylation is 1. The zero-order chi connectivity index (χ0) is 16.7. The SMILES string of the molecule is Cc1ccc(/C=N/NC(=O)CNC(=O)c2cccc(Br)c2)cc1. The molecule has 2 N–H and O–H groups in total. The molecule has 0 saturated heterocycles. The van der Waals surface area contributed by atoms with Gasteiger partial charge in [0.2, 0.25) is 0 Å². The number of halogens is 1. The Hall–Kier alpha value is -2.47. The van der Waals surface area contributed by atoms with Crippen molar-refractivity contribution < 1.29 is 9.59 Å². The van der Waals surface area contributed by atoms with Crippen molar-refractivity contribution in [2.75, 3.05) is 6.54 Å². The Kier molecular flexibility index (Phi) is 6.05. The second-order valence-electron chi connectivity index (χ2n) is 4.90. The zero-order valence-electron chi connectivity index (χ0n) is 12.5. The quantitative estimate of drug-likeness (QED) is 0.624. The maximum atomic E-state index is 11.9. The van der Waals surface area contributed by atoms with Crippen molar-refractivity contribution in [1.82, 2.24) is 10.7 Å². The van der Waals surface area contributed by atoms with Crippen LogP contribution in [0.2, 0.25) is 0 Å². The van der Waals surface area contributed by atoms with E-state index in [1.54, 1.807) is 24.4 Å². The molecule has 118 valence electrons. The summed E-state index contributed by atoms with van der Waals surface area (Å²) in [6.45, 7) is 1.85. The van der Waals surface area contributed by atoms with Crippen LogP contribution in [0.4, 0.5) is 0 Å². The van der Waals surface area contributed by atoms with Gasteiger partial charge < -0.3 is 5.32 Å². The van der Waals surface area contributed by atoms with Gasteiger partial charge in [-0.3, -0.25) is 9.59 Å². The molecule has 0 fully saturated rings.